The van der Waals surface area contributed by atoms with Gasteiger partial charge in [-0.1, -0.05) is 71.2 Å². The molecule has 4 rings (SSSR count). The molecule has 39 heavy (non-hydrogen) atoms. The van der Waals surface area contributed by atoms with Crippen LogP contribution in [-0.2, 0) is 11.0 Å². The summed E-state index contributed by atoms with van der Waals surface area (Å²) in [5, 5.41) is 4.72. The predicted molar refractivity (Wildman–Crippen MR) is 151 cm³/mol. The molecule has 0 aliphatic rings. The number of anilines is 2. The highest BCUT2D eigenvalue weighted by Crippen LogP contribution is 2.40. The molecule has 0 heterocycles. The highest BCUT2D eigenvalue weighted by atomic mass is 35.5. The Labute approximate surface area is 241 Å². The minimum absolute atomic E-state index is 0.104. The van der Waals surface area contributed by atoms with E-state index >= 15 is 0 Å². The van der Waals surface area contributed by atoms with Crippen LogP contribution in [0.25, 0.3) is 0 Å². The van der Waals surface area contributed by atoms with Crippen LogP contribution in [0.15, 0.2) is 95.9 Å². The molecule has 0 saturated heterocycles. The topological polar surface area (TPSA) is 58.2 Å². The summed E-state index contributed by atoms with van der Waals surface area (Å²) in [6.07, 6.45) is -4.72. The first-order chi connectivity index (χ1) is 18.5. The lowest BCUT2D eigenvalue weighted by Gasteiger charge is -2.20. The van der Waals surface area contributed by atoms with Crippen LogP contribution in [0.4, 0.5) is 24.5 Å². The molecule has 0 aliphatic carbocycles. The van der Waals surface area contributed by atoms with E-state index < -0.39 is 34.5 Å². The molecule has 200 valence electrons. The van der Waals surface area contributed by atoms with Crippen LogP contribution in [0.3, 0.4) is 0 Å². The van der Waals surface area contributed by atoms with E-state index in [4.69, 9.17) is 34.8 Å². The second-order valence-electron chi connectivity index (χ2n) is 8.19. The average Bonchev–Trinajstić information content (AvgIpc) is 2.88. The summed E-state index contributed by atoms with van der Waals surface area (Å²) in [6.45, 7) is 0. The second-order valence-corrected chi connectivity index (χ2v) is 10.7. The summed E-state index contributed by atoms with van der Waals surface area (Å²) >= 11 is 18.9. The number of alkyl halides is 3. The Balaban J connectivity index is 1.59. The highest BCUT2D eigenvalue weighted by molar-refractivity contribution is 8.00. The average molecular weight is 610 g/mol. The molecule has 0 fully saturated rings. The summed E-state index contributed by atoms with van der Waals surface area (Å²) in [6, 6.07) is 23.0. The lowest BCUT2D eigenvalue weighted by Crippen LogP contribution is -2.21. The molecular formula is C28H18Cl3F3N2O2S. The highest BCUT2D eigenvalue weighted by Gasteiger charge is 2.35. The number of halogens is 6. The third-order valence-corrected chi connectivity index (χ3v) is 7.44. The van der Waals surface area contributed by atoms with Gasteiger partial charge in [-0.25, -0.2) is 0 Å². The molecule has 0 bridgehead atoms. The van der Waals surface area contributed by atoms with Crippen molar-refractivity contribution in [3.8, 4) is 0 Å². The van der Waals surface area contributed by atoms with Crippen LogP contribution in [0.1, 0.15) is 26.7 Å². The van der Waals surface area contributed by atoms with Gasteiger partial charge >= 0.3 is 6.18 Å². The standard InChI is InChI=1S/C28H18Cl3F3N2O2S/c29-17-10-12-24(22(13-17)28(32,33)34)36-27(38)25(16-5-2-1-3-6-16)39-20-8-4-7-19(15-20)35-26(37)21-11-9-18(30)14-23(21)31/h1-15,25H,(H,35,37)(H,36,38). The fourth-order valence-corrected chi connectivity index (χ4v) is 5.36. The number of hydrogen-bond donors (Lipinski definition) is 2. The number of nitrogens with one attached hydrogen (secondary N) is 2. The van der Waals surface area contributed by atoms with Gasteiger partial charge in [0.2, 0.25) is 5.91 Å². The van der Waals surface area contributed by atoms with Crippen molar-refractivity contribution in [2.24, 2.45) is 0 Å². The number of carbonyl (C=O) groups excluding carboxylic acids is 2. The van der Waals surface area contributed by atoms with E-state index in [1.165, 1.54) is 18.2 Å². The Morgan fingerprint density at radius 1 is 0.769 bits per heavy atom. The minimum Gasteiger partial charge on any atom is -0.324 e. The second kappa shape index (κ2) is 12.3. The summed E-state index contributed by atoms with van der Waals surface area (Å²) in [4.78, 5) is 26.7. The van der Waals surface area contributed by atoms with Crippen molar-refractivity contribution < 1.29 is 22.8 Å². The molecule has 1 atom stereocenters. The molecule has 0 aliphatic heterocycles. The van der Waals surface area contributed by atoms with Gasteiger partial charge in [-0.15, -0.1) is 11.8 Å². The summed E-state index contributed by atoms with van der Waals surface area (Å²) < 4.78 is 40.8. The largest absolute Gasteiger partial charge is 0.418 e. The fraction of sp³-hybridized carbons (Fsp3) is 0.0714. The normalized spacial score (nSPS) is 12.1. The van der Waals surface area contributed by atoms with Gasteiger partial charge in [0.15, 0.2) is 0 Å². The molecule has 0 spiro atoms. The van der Waals surface area contributed by atoms with Crippen molar-refractivity contribution in [2.45, 2.75) is 16.3 Å². The first-order valence-electron chi connectivity index (χ1n) is 11.3. The maximum atomic E-state index is 13.6. The smallest absolute Gasteiger partial charge is 0.324 e. The van der Waals surface area contributed by atoms with Crippen LogP contribution < -0.4 is 10.6 Å². The molecule has 2 amide bonds. The summed E-state index contributed by atoms with van der Waals surface area (Å²) in [7, 11) is 0. The minimum atomic E-state index is -4.72. The molecule has 0 aromatic heterocycles. The zero-order valence-corrected chi connectivity index (χ0v) is 22.8. The molecule has 4 nitrogen and oxygen atoms in total. The zero-order chi connectivity index (χ0) is 28.2. The van der Waals surface area contributed by atoms with Crippen molar-refractivity contribution in [3.63, 3.8) is 0 Å². The van der Waals surface area contributed by atoms with E-state index in [0.29, 0.717) is 21.2 Å². The quantitative estimate of drug-likeness (QED) is 0.205. The van der Waals surface area contributed by atoms with Gasteiger partial charge < -0.3 is 10.6 Å². The first kappa shape index (κ1) is 28.8. The van der Waals surface area contributed by atoms with Crippen LogP contribution >= 0.6 is 46.6 Å². The van der Waals surface area contributed by atoms with Gasteiger partial charge in [-0.3, -0.25) is 9.59 Å². The van der Waals surface area contributed by atoms with Gasteiger partial charge in [-0.2, -0.15) is 13.2 Å². The van der Waals surface area contributed by atoms with Crippen molar-refractivity contribution in [3.05, 3.63) is 123 Å². The van der Waals surface area contributed by atoms with Crippen LogP contribution in [-0.4, -0.2) is 11.8 Å². The monoisotopic (exact) mass is 608 g/mol. The van der Waals surface area contributed by atoms with Crippen molar-refractivity contribution in [2.75, 3.05) is 10.6 Å². The Kier molecular flexibility index (Phi) is 9.12. The van der Waals surface area contributed by atoms with E-state index in [0.717, 1.165) is 23.9 Å². The molecular weight excluding hydrogens is 592 g/mol. The first-order valence-corrected chi connectivity index (χ1v) is 13.3. The van der Waals surface area contributed by atoms with Crippen LogP contribution in [0.5, 0.6) is 0 Å². The lowest BCUT2D eigenvalue weighted by atomic mass is 10.1. The van der Waals surface area contributed by atoms with Gasteiger partial charge in [-0.05, 0) is 60.2 Å². The van der Waals surface area contributed by atoms with E-state index in [-0.39, 0.29) is 15.6 Å². The maximum absolute atomic E-state index is 13.6. The molecule has 4 aromatic carbocycles. The molecule has 0 radical (unpaired) electrons. The number of benzene rings is 4. The van der Waals surface area contributed by atoms with Gasteiger partial charge in [0, 0.05) is 20.6 Å². The number of thioether (sulfide) groups is 1. The Morgan fingerprint density at radius 2 is 1.46 bits per heavy atom. The van der Waals surface area contributed by atoms with Gasteiger partial charge in [0.25, 0.3) is 5.91 Å². The molecule has 4 aromatic rings. The molecule has 11 heteroatoms. The number of amides is 2. The summed E-state index contributed by atoms with van der Waals surface area (Å²) in [5.74, 6) is -1.13. The van der Waals surface area contributed by atoms with Crippen molar-refractivity contribution >= 4 is 69.8 Å². The van der Waals surface area contributed by atoms with Crippen molar-refractivity contribution in [1.29, 1.82) is 0 Å². The zero-order valence-electron chi connectivity index (χ0n) is 19.7. The van der Waals surface area contributed by atoms with E-state index in [1.807, 2.05) is 0 Å². The SMILES string of the molecule is O=C(Nc1cccc(SC(C(=O)Nc2ccc(Cl)cc2C(F)(F)F)c2ccccc2)c1)c1ccc(Cl)cc1Cl. The predicted octanol–water partition coefficient (Wildman–Crippen LogP) is 9.39. The van der Waals surface area contributed by atoms with Crippen LogP contribution in [0.2, 0.25) is 15.1 Å². The Hall–Kier alpha value is -3.17. The summed E-state index contributed by atoms with van der Waals surface area (Å²) in [5.41, 5.74) is -0.223. The third kappa shape index (κ3) is 7.48. The number of hydrogen-bond acceptors (Lipinski definition) is 3. The van der Waals surface area contributed by atoms with E-state index in [1.54, 1.807) is 60.7 Å². The van der Waals surface area contributed by atoms with Crippen molar-refractivity contribution in [1.82, 2.24) is 0 Å². The fourth-order valence-electron chi connectivity index (χ4n) is 3.61. The molecule has 2 N–H and O–H groups in total. The van der Waals surface area contributed by atoms with E-state index in [2.05, 4.69) is 10.6 Å². The lowest BCUT2D eigenvalue weighted by molar-refractivity contribution is -0.137. The third-order valence-electron chi connectivity index (χ3n) is 5.41. The van der Waals surface area contributed by atoms with Gasteiger partial charge in [0.1, 0.15) is 5.25 Å². The maximum Gasteiger partial charge on any atom is 0.418 e. The Bertz CT molecular complexity index is 1520. The number of carbonyl (C=O) groups is 2. The number of rotatable bonds is 7. The van der Waals surface area contributed by atoms with E-state index in [9.17, 15) is 22.8 Å². The molecule has 1 unspecified atom stereocenters. The van der Waals surface area contributed by atoms with Crippen LogP contribution in [0, 0.1) is 0 Å². The Morgan fingerprint density at radius 3 is 2.15 bits per heavy atom. The van der Waals surface area contributed by atoms with Gasteiger partial charge in [0.05, 0.1) is 21.8 Å². The molecule has 0 saturated carbocycles.